The summed E-state index contributed by atoms with van der Waals surface area (Å²) in [7, 11) is 0. The Kier molecular flexibility index (Phi) is 6.22. The number of rotatable bonds is 8. The second-order valence-corrected chi connectivity index (χ2v) is 7.64. The molecule has 5 nitrogen and oxygen atoms in total. The average Bonchev–Trinajstić information content (AvgIpc) is 3.17. The molecule has 2 aromatic carbocycles. The van der Waals surface area contributed by atoms with Crippen LogP contribution in [0.15, 0.2) is 84.3 Å². The Hall–Kier alpha value is -3.12. The molecular weight excluding hydrogens is 380 g/mol. The molecule has 0 bridgehead atoms. The molecule has 2 aromatic heterocycles. The number of benzene rings is 2. The fourth-order valence-electron chi connectivity index (χ4n) is 2.99. The fourth-order valence-corrected chi connectivity index (χ4v) is 3.95. The van der Waals surface area contributed by atoms with Gasteiger partial charge in [0.05, 0.1) is 0 Å². The molecule has 0 saturated carbocycles. The van der Waals surface area contributed by atoms with Gasteiger partial charge in [-0.05, 0) is 54.8 Å². The Morgan fingerprint density at radius 2 is 1.66 bits per heavy atom. The van der Waals surface area contributed by atoms with Crippen LogP contribution in [0, 0.1) is 6.92 Å². The van der Waals surface area contributed by atoms with Gasteiger partial charge in [0.1, 0.15) is 12.4 Å². The molecule has 0 amide bonds. The maximum atomic E-state index is 6.03. The lowest BCUT2D eigenvalue weighted by Crippen LogP contribution is -2.07. The summed E-state index contributed by atoms with van der Waals surface area (Å²) in [6, 6.07) is 22.3. The largest absolute Gasteiger partial charge is 0.485 e. The van der Waals surface area contributed by atoms with Crippen LogP contribution >= 0.6 is 11.8 Å². The minimum atomic E-state index is 0.359. The molecule has 4 aromatic rings. The molecule has 0 aliphatic carbocycles. The van der Waals surface area contributed by atoms with Crippen molar-refractivity contribution in [1.82, 2.24) is 19.7 Å². The van der Waals surface area contributed by atoms with Gasteiger partial charge in [0, 0.05) is 23.8 Å². The lowest BCUT2D eigenvalue weighted by molar-refractivity contribution is 0.291. The van der Waals surface area contributed by atoms with Gasteiger partial charge >= 0.3 is 0 Å². The highest BCUT2D eigenvalue weighted by molar-refractivity contribution is 7.99. The van der Waals surface area contributed by atoms with Crippen LogP contribution in [0.3, 0.4) is 0 Å². The van der Waals surface area contributed by atoms with Crippen molar-refractivity contribution in [2.24, 2.45) is 0 Å². The molecule has 0 aliphatic rings. The van der Waals surface area contributed by atoms with Gasteiger partial charge in [-0.3, -0.25) is 9.55 Å². The number of thioether (sulfide) groups is 1. The van der Waals surface area contributed by atoms with Gasteiger partial charge in [-0.1, -0.05) is 48.2 Å². The van der Waals surface area contributed by atoms with E-state index in [0.29, 0.717) is 6.61 Å². The summed E-state index contributed by atoms with van der Waals surface area (Å²) in [6.07, 6.45) is 4.60. The zero-order valence-corrected chi connectivity index (χ0v) is 17.0. The maximum Gasteiger partial charge on any atom is 0.195 e. The highest BCUT2D eigenvalue weighted by Gasteiger charge is 2.15. The number of nitrogens with zero attached hydrogens (tertiary/aromatic N) is 4. The van der Waals surface area contributed by atoms with Crippen LogP contribution in [-0.2, 0) is 13.0 Å². The quantitative estimate of drug-likeness (QED) is 0.393. The second kappa shape index (κ2) is 9.39. The number of hydrogen-bond acceptors (Lipinski definition) is 5. The molecule has 6 heteroatoms. The molecule has 29 heavy (non-hydrogen) atoms. The molecule has 0 spiro atoms. The Labute approximate surface area is 174 Å². The van der Waals surface area contributed by atoms with Crippen LogP contribution in [0.2, 0.25) is 0 Å². The highest BCUT2D eigenvalue weighted by atomic mass is 32.2. The monoisotopic (exact) mass is 402 g/mol. The Morgan fingerprint density at radius 3 is 2.45 bits per heavy atom. The van der Waals surface area contributed by atoms with Crippen molar-refractivity contribution in [2.45, 2.75) is 25.1 Å². The summed E-state index contributed by atoms with van der Waals surface area (Å²) in [5.41, 5.74) is 3.40. The van der Waals surface area contributed by atoms with E-state index < -0.39 is 0 Å². The van der Waals surface area contributed by atoms with Gasteiger partial charge < -0.3 is 4.74 Å². The second-order valence-electron chi connectivity index (χ2n) is 6.58. The highest BCUT2D eigenvalue weighted by Crippen LogP contribution is 2.24. The van der Waals surface area contributed by atoms with Crippen molar-refractivity contribution < 1.29 is 4.74 Å². The van der Waals surface area contributed by atoms with E-state index in [1.165, 1.54) is 5.56 Å². The van der Waals surface area contributed by atoms with Crippen LogP contribution in [0.5, 0.6) is 5.75 Å². The number of para-hydroxylation sites is 2. The molecule has 2 heterocycles. The van der Waals surface area contributed by atoms with Crippen molar-refractivity contribution in [1.29, 1.82) is 0 Å². The normalized spacial score (nSPS) is 10.8. The van der Waals surface area contributed by atoms with Crippen LogP contribution in [0.4, 0.5) is 0 Å². The molecule has 0 fully saturated rings. The fraction of sp³-hybridized carbons (Fsp3) is 0.174. The van der Waals surface area contributed by atoms with Gasteiger partial charge in [0.15, 0.2) is 11.0 Å². The number of aromatic nitrogens is 4. The molecule has 0 aliphatic heterocycles. The smallest absolute Gasteiger partial charge is 0.195 e. The first-order chi connectivity index (χ1) is 14.3. The van der Waals surface area contributed by atoms with Crippen LogP contribution in [-0.4, -0.2) is 25.5 Å². The number of aryl methyl sites for hydroxylation is 2. The summed E-state index contributed by atoms with van der Waals surface area (Å²) < 4.78 is 8.11. The van der Waals surface area contributed by atoms with E-state index in [2.05, 4.69) is 31.9 Å². The van der Waals surface area contributed by atoms with E-state index in [0.717, 1.165) is 40.2 Å². The Morgan fingerprint density at radius 1 is 0.897 bits per heavy atom. The van der Waals surface area contributed by atoms with Crippen LogP contribution < -0.4 is 4.74 Å². The molecular formula is C23H22N4OS. The lowest BCUT2D eigenvalue weighted by Gasteiger charge is -2.12. The Bertz CT molecular complexity index is 1050. The van der Waals surface area contributed by atoms with Crippen molar-refractivity contribution >= 4 is 11.8 Å². The van der Waals surface area contributed by atoms with E-state index in [1.54, 1.807) is 11.8 Å². The standard InChI is InChI=1S/C23H22N4OS/c1-18-7-5-6-10-21(18)28-17-22-25-26-23(27(22)20-8-3-2-4-9-20)29-16-13-19-11-14-24-15-12-19/h2-12,14-15H,13,16-17H2,1H3. The first-order valence-corrected chi connectivity index (χ1v) is 10.5. The van der Waals surface area contributed by atoms with Gasteiger partial charge in [0.25, 0.3) is 0 Å². The zero-order valence-electron chi connectivity index (χ0n) is 16.2. The molecule has 0 radical (unpaired) electrons. The predicted octanol–water partition coefficient (Wildman–Crippen LogP) is 4.88. The average molecular weight is 403 g/mol. The van der Waals surface area contributed by atoms with Gasteiger partial charge in [0.2, 0.25) is 0 Å². The summed E-state index contributed by atoms with van der Waals surface area (Å²) >= 11 is 1.70. The van der Waals surface area contributed by atoms with Gasteiger partial charge in [-0.15, -0.1) is 10.2 Å². The Balaban J connectivity index is 1.53. The third-order valence-corrected chi connectivity index (χ3v) is 5.47. The van der Waals surface area contributed by atoms with Crippen molar-refractivity contribution in [3.63, 3.8) is 0 Å². The van der Waals surface area contributed by atoms with E-state index in [4.69, 9.17) is 4.74 Å². The van der Waals surface area contributed by atoms with Crippen LogP contribution in [0.1, 0.15) is 17.0 Å². The summed E-state index contributed by atoms with van der Waals surface area (Å²) in [5, 5.41) is 9.73. The van der Waals surface area contributed by atoms with E-state index in [1.807, 2.05) is 73.9 Å². The predicted molar refractivity (Wildman–Crippen MR) is 116 cm³/mol. The van der Waals surface area contributed by atoms with E-state index >= 15 is 0 Å². The molecule has 0 unspecified atom stereocenters. The third-order valence-electron chi connectivity index (χ3n) is 4.54. The van der Waals surface area contributed by atoms with Crippen molar-refractivity contribution in [2.75, 3.05) is 5.75 Å². The molecule has 0 atom stereocenters. The summed E-state index contributed by atoms with van der Waals surface area (Å²) in [5.74, 6) is 2.56. The lowest BCUT2D eigenvalue weighted by atomic mass is 10.2. The number of hydrogen-bond donors (Lipinski definition) is 0. The van der Waals surface area contributed by atoms with E-state index in [-0.39, 0.29) is 0 Å². The van der Waals surface area contributed by atoms with E-state index in [9.17, 15) is 0 Å². The number of pyridine rings is 1. The van der Waals surface area contributed by atoms with Gasteiger partial charge in [-0.25, -0.2) is 0 Å². The third kappa shape index (κ3) is 4.84. The molecule has 4 rings (SSSR count). The molecule has 146 valence electrons. The SMILES string of the molecule is Cc1ccccc1OCc1nnc(SCCc2ccncc2)n1-c1ccccc1. The van der Waals surface area contributed by atoms with Crippen molar-refractivity contribution in [3.05, 3.63) is 96.1 Å². The zero-order chi connectivity index (χ0) is 19.9. The summed E-state index contributed by atoms with van der Waals surface area (Å²) in [6.45, 7) is 2.40. The first-order valence-electron chi connectivity index (χ1n) is 9.51. The number of ether oxygens (including phenoxy) is 1. The first kappa shape index (κ1) is 19.2. The maximum absolute atomic E-state index is 6.03. The summed E-state index contributed by atoms with van der Waals surface area (Å²) in [4.78, 5) is 4.07. The van der Waals surface area contributed by atoms with Gasteiger partial charge in [-0.2, -0.15) is 0 Å². The van der Waals surface area contributed by atoms with Crippen LogP contribution in [0.25, 0.3) is 5.69 Å². The topological polar surface area (TPSA) is 52.8 Å². The minimum absolute atomic E-state index is 0.359. The molecule has 0 N–H and O–H groups in total. The molecule has 0 saturated heterocycles. The van der Waals surface area contributed by atoms with Crippen molar-refractivity contribution in [3.8, 4) is 11.4 Å². The minimum Gasteiger partial charge on any atom is -0.485 e.